The molecule has 0 aliphatic heterocycles. The maximum absolute atomic E-state index is 10.8. The molecule has 0 bridgehead atoms. The minimum absolute atomic E-state index is 0.386. The first-order chi connectivity index (χ1) is 7.56. The average molecular weight is 236 g/mol. The molecule has 2 heterocycles. The van der Waals surface area contributed by atoms with E-state index in [1.165, 1.54) is 11.3 Å². The lowest BCUT2D eigenvalue weighted by Gasteiger charge is -1.99. The normalized spacial score (nSPS) is 10.6. The number of aromatic nitrogens is 2. The Kier molecular flexibility index (Phi) is 2.78. The summed E-state index contributed by atoms with van der Waals surface area (Å²) < 4.78 is 1.82. The van der Waals surface area contributed by atoms with E-state index in [1.807, 2.05) is 30.8 Å². The van der Waals surface area contributed by atoms with Gasteiger partial charge in [0.2, 0.25) is 0 Å². The third kappa shape index (κ3) is 2.14. The summed E-state index contributed by atoms with van der Waals surface area (Å²) in [6, 6.07) is 3.65. The van der Waals surface area contributed by atoms with Crippen molar-refractivity contribution in [3.8, 4) is 0 Å². The second-order valence-electron chi connectivity index (χ2n) is 3.65. The standard InChI is InChI=1S/C11H12N2O2S/c1-7-3-4-13(12-7)6-9-5-10(11(14)15)16-8(9)2/h3-5H,6H2,1-2H3,(H,14,15). The highest BCUT2D eigenvalue weighted by molar-refractivity contribution is 7.14. The summed E-state index contributed by atoms with van der Waals surface area (Å²) in [7, 11) is 0. The summed E-state index contributed by atoms with van der Waals surface area (Å²) in [5.41, 5.74) is 1.98. The molecule has 0 aliphatic carbocycles. The molecular weight excluding hydrogens is 224 g/mol. The van der Waals surface area contributed by atoms with Crippen LogP contribution in [0.3, 0.4) is 0 Å². The number of hydrogen-bond acceptors (Lipinski definition) is 3. The Labute approximate surface area is 97.2 Å². The van der Waals surface area contributed by atoms with Gasteiger partial charge in [-0.2, -0.15) is 5.10 Å². The van der Waals surface area contributed by atoms with Crippen LogP contribution >= 0.6 is 11.3 Å². The van der Waals surface area contributed by atoms with Gasteiger partial charge in [-0.05, 0) is 31.5 Å². The lowest BCUT2D eigenvalue weighted by molar-refractivity contribution is 0.0702. The van der Waals surface area contributed by atoms with E-state index in [-0.39, 0.29) is 0 Å². The largest absolute Gasteiger partial charge is 0.477 e. The van der Waals surface area contributed by atoms with Gasteiger partial charge in [-0.1, -0.05) is 0 Å². The fourth-order valence-electron chi connectivity index (χ4n) is 1.51. The van der Waals surface area contributed by atoms with E-state index in [9.17, 15) is 4.79 Å². The van der Waals surface area contributed by atoms with Crippen molar-refractivity contribution in [1.82, 2.24) is 9.78 Å². The zero-order valence-corrected chi connectivity index (χ0v) is 9.91. The summed E-state index contributed by atoms with van der Waals surface area (Å²) in [6.07, 6.45) is 1.90. The second kappa shape index (κ2) is 4.09. The molecule has 1 N–H and O–H groups in total. The second-order valence-corrected chi connectivity index (χ2v) is 4.91. The van der Waals surface area contributed by atoms with Gasteiger partial charge in [0.15, 0.2) is 0 Å². The molecule has 0 atom stereocenters. The van der Waals surface area contributed by atoms with Crippen LogP contribution in [0.4, 0.5) is 0 Å². The van der Waals surface area contributed by atoms with Gasteiger partial charge in [-0.3, -0.25) is 4.68 Å². The number of thiophene rings is 1. The van der Waals surface area contributed by atoms with Gasteiger partial charge in [0.05, 0.1) is 12.2 Å². The third-order valence-corrected chi connectivity index (χ3v) is 3.42. The molecular formula is C11H12N2O2S. The summed E-state index contributed by atoms with van der Waals surface area (Å²) >= 11 is 1.31. The predicted octanol–water partition coefficient (Wildman–Crippen LogP) is 2.31. The first-order valence-electron chi connectivity index (χ1n) is 4.89. The third-order valence-electron chi connectivity index (χ3n) is 2.34. The van der Waals surface area contributed by atoms with Gasteiger partial charge >= 0.3 is 5.97 Å². The van der Waals surface area contributed by atoms with Gasteiger partial charge in [0.1, 0.15) is 4.88 Å². The molecule has 16 heavy (non-hydrogen) atoms. The molecule has 84 valence electrons. The number of carboxylic acids is 1. The number of nitrogens with zero attached hydrogens (tertiary/aromatic N) is 2. The molecule has 2 aromatic rings. The van der Waals surface area contributed by atoms with Gasteiger partial charge in [-0.15, -0.1) is 11.3 Å². The molecule has 0 spiro atoms. The van der Waals surface area contributed by atoms with Crippen molar-refractivity contribution < 1.29 is 9.90 Å². The van der Waals surface area contributed by atoms with Crippen LogP contribution in [0.1, 0.15) is 25.8 Å². The molecule has 0 aromatic carbocycles. The topological polar surface area (TPSA) is 55.1 Å². The molecule has 0 saturated heterocycles. The molecule has 0 aliphatic rings. The minimum atomic E-state index is -0.865. The number of aryl methyl sites for hydroxylation is 2. The first kappa shape index (κ1) is 10.9. The van der Waals surface area contributed by atoms with Gasteiger partial charge in [-0.25, -0.2) is 4.79 Å². The Morgan fingerprint density at radius 1 is 1.56 bits per heavy atom. The Morgan fingerprint density at radius 2 is 2.31 bits per heavy atom. The van der Waals surface area contributed by atoms with E-state index in [4.69, 9.17) is 5.11 Å². The number of carboxylic acid groups (broad SMARTS) is 1. The lowest BCUT2D eigenvalue weighted by atomic mass is 10.2. The number of aromatic carboxylic acids is 1. The van der Waals surface area contributed by atoms with E-state index in [2.05, 4.69) is 5.10 Å². The molecule has 0 amide bonds. The zero-order chi connectivity index (χ0) is 11.7. The van der Waals surface area contributed by atoms with E-state index in [1.54, 1.807) is 6.07 Å². The SMILES string of the molecule is Cc1ccn(Cc2cc(C(=O)O)sc2C)n1. The van der Waals surface area contributed by atoms with Crippen LogP contribution in [-0.2, 0) is 6.54 Å². The van der Waals surface area contributed by atoms with E-state index >= 15 is 0 Å². The Hall–Kier alpha value is -1.62. The highest BCUT2D eigenvalue weighted by Gasteiger charge is 2.11. The van der Waals surface area contributed by atoms with E-state index in [0.717, 1.165) is 16.1 Å². The number of hydrogen-bond donors (Lipinski definition) is 1. The predicted molar refractivity (Wildman–Crippen MR) is 62.1 cm³/mol. The van der Waals surface area contributed by atoms with Gasteiger partial charge in [0, 0.05) is 11.1 Å². The summed E-state index contributed by atoms with van der Waals surface area (Å²) in [5.74, 6) is -0.865. The zero-order valence-electron chi connectivity index (χ0n) is 9.10. The lowest BCUT2D eigenvalue weighted by Crippen LogP contribution is -2.00. The van der Waals surface area contributed by atoms with Crippen LogP contribution in [0.25, 0.3) is 0 Å². The van der Waals surface area contributed by atoms with Crippen LogP contribution in [-0.4, -0.2) is 20.9 Å². The summed E-state index contributed by atoms with van der Waals surface area (Å²) in [5, 5.41) is 13.2. The van der Waals surface area contributed by atoms with Gasteiger partial charge < -0.3 is 5.11 Å². The molecule has 5 heteroatoms. The van der Waals surface area contributed by atoms with Crippen LogP contribution in [0.15, 0.2) is 18.3 Å². The van der Waals surface area contributed by atoms with E-state index < -0.39 is 5.97 Å². The maximum atomic E-state index is 10.8. The van der Waals surface area contributed by atoms with Crippen LogP contribution in [0.2, 0.25) is 0 Å². The molecule has 4 nitrogen and oxygen atoms in total. The molecule has 2 rings (SSSR count). The molecule has 0 radical (unpaired) electrons. The summed E-state index contributed by atoms with van der Waals surface area (Å²) in [4.78, 5) is 12.2. The Balaban J connectivity index is 2.24. The monoisotopic (exact) mass is 236 g/mol. The number of carbonyl (C=O) groups is 1. The van der Waals surface area contributed by atoms with E-state index in [0.29, 0.717) is 11.4 Å². The fourth-order valence-corrected chi connectivity index (χ4v) is 2.38. The van der Waals surface area contributed by atoms with Crippen molar-refractivity contribution >= 4 is 17.3 Å². The van der Waals surface area contributed by atoms with Crippen LogP contribution in [0, 0.1) is 13.8 Å². The highest BCUT2D eigenvalue weighted by atomic mass is 32.1. The Bertz CT molecular complexity index is 528. The number of rotatable bonds is 3. The van der Waals surface area contributed by atoms with Gasteiger partial charge in [0.25, 0.3) is 0 Å². The average Bonchev–Trinajstić information content (AvgIpc) is 2.75. The van der Waals surface area contributed by atoms with Crippen molar-refractivity contribution in [2.75, 3.05) is 0 Å². The van der Waals surface area contributed by atoms with Crippen molar-refractivity contribution in [3.05, 3.63) is 39.3 Å². The van der Waals surface area contributed by atoms with Crippen molar-refractivity contribution in [3.63, 3.8) is 0 Å². The molecule has 0 unspecified atom stereocenters. The smallest absolute Gasteiger partial charge is 0.345 e. The molecule has 0 fully saturated rings. The highest BCUT2D eigenvalue weighted by Crippen LogP contribution is 2.22. The maximum Gasteiger partial charge on any atom is 0.345 e. The van der Waals surface area contributed by atoms with Crippen LogP contribution < -0.4 is 0 Å². The fraction of sp³-hybridized carbons (Fsp3) is 0.273. The first-order valence-corrected chi connectivity index (χ1v) is 5.70. The van der Waals surface area contributed by atoms with Crippen molar-refractivity contribution in [2.45, 2.75) is 20.4 Å². The Morgan fingerprint density at radius 3 is 2.81 bits per heavy atom. The summed E-state index contributed by atoms with van der Waals surface area (Å²) in [6.45, 7) is 4.49. The van der Waals surface area contributed by atoms with Crippen molar-refractivity contribution in [1.29, 1.82) is 0 Å². The van der Waals surface area contributed by atoms with Crippen molar-refractivity contribution in [2.24, 2.45) is 0 Å². The quantitative estimate of drug-likeness (QED) is 0.889. The molecule has 2 aromatic heterocycles. The molecule has 0 saturated carbocycles. The minimum Gasteiger partial charge on any atom is -0.477 e. The van der Waals surface area contributed by atoms with Crippen LogP contribution in [0.5, 0.6) is 0 Å².